The van der Waals surface area contributed by atoms with Crippen molar-refractivity contribution < 1.29 is 18.8 Å². The van der Waals surface area contributed by atoms with E-state index in [9.17, 15) is 9.18 Å². The van der Waals surface area contributed by atoms with Gasteiger partial charge in [-0.15, -0.1) is 0 Å². The molecule has 0 aliphatic carbocycles. The number of halogens is 1. The number of hydrogen-bond acceptors (Lipinski definition) is 2. The standard InChI is InChI=1S/C18H19FN2O2/c19-15-6-8-16(9-7-15)20-18(22)17(14-4-2-1-3-5-14)21-10-12-23-13-11-21/h1-9,17H,10-13H2,(H,20,22)/p+1/t17-/m1/s1. The highest BCUT2D eigenvalue weighted by Crippen LogP contribution is 2.14. The van der Waals surface area contributed by atoms with Gasteiger partial charge in [0.2, 0.25) is 0 Å². The predicted molar refractivity (Wildman–Crippen MR) is 85.7 cm³/mol. The maximum absolute atomic E-state index is 13.0. The largest absolute Gasteiger partial charge is 0.370 e. The molecule has 3 rings (SSSR count). The first-order valence-electron chi connectivity index (χ1n) is 7.78. The molecule has 0 saturated carbocycles. The van der Waals surface area contributed by atoms with Crippen LogP contribution in [-0.2, 0) is 9.53 Å². The highest BCUT2D eigenvalue weighted by atomic mass is 19.1. The quantitative estimate of drug-likeness (QED) is 0.896. The Hall–Kier alpha value is -2.24. The van der Waals surface area contributed by atoms with Gasteiger partial charge in [-0.3, -0.25) is 4.79 Å². The van der Waals surface area contributed by atoms with Crippen LogP contribution < -0.4 is 10.2 Å². The van der Waals surface area contributed by atoms with Gasteiger partial charge in [-0.2, -0.15) is 0 Å². The number of nitrogens with one attached hydrogen (secondary N) is 2. The van der Waals surface area contributed by atoms with E-state index in [1.165, 1.54) is 17.0 Å². The van der Waals surface area contributed by atoms with Crippen LogP contribution in [0.25, 0.3) is 0 Å². The molecule has 2 N–H and O–H groups in total. The van der Waals surface area contributed by atoms with Crippen molar-refractivity contribution in [2.24, 2.45) is 0 Å². The number of carbonyl (C=O) groups is 1. The summed E-state index contributed by atoms with van der Waals surface area (Å²) in [6.45, 7) is 2.89. The Kier molecular flexibility index (Phi) is 5.00. The summed E-state index contributed by atoms with van der Waals surface area (Å²) >= 11 is 0. The number of morpholine rings is 1. The minimum Gasteiger partial charge on any atom is -0.370 e. The minimum atomic E-state index is -0.318. The van der Waals surface area contributed by atoms with Crippen molar-refractivity contribution in [3.63, 3.8) is 0 Å². The van der Waals surface area contributed by atoms with E-state index in [-0.39, 0.29) is 17.8 Å². The van der Waals surface area contributed by atoms with E-state index in [0.29, 0.717) is 18.9 Å². The summed E-state index contributed by atoms with van der Waals surface area (Å²) in [6, 6.07) is 15.3. The van der Waals surface area contributed by atoms with Crippen LogP contribution in [0.15, 0.2) is 54.6 Å². The molecule has 0 unspecified atom stereocenters. The number of quaternary nitrogens is 1. The molecule has 23 heavy (non-hydrogen) atoms. The molecule has 1 amide bonds. The Balaban J connectivity index is 1.82. The third kappa shape index (κ3) is 3.94. The second-order valence-electron chi connectivity index (χ2n) is 5.61. The Labute approximate surface area is 134 Å². The van der Waals surface area contributed by atoms with Gasteiger partial charge in [0.1, 0.15) is 18.9 Å². The Morgan fingerprint density at radius 3 is 2.35 bits per heavy atom. The minimum absolute atomic E-state index is 0.0836. The zero-order chi connectivity index (χ0) is 16.1. The molecule has 0 radical (unpaired) electrons. The van der Waals surface area contributed by atoms with Gasteiger partial charge in [-0.1, -0.05) is 30.3 Å². The second-order valence-corrected chi connectivity index (χ2v) is 5.61. The first-order valence-corrected chi connectivity index (χ1v) is 7.78. The topological polar surface area (TPSA) is 42.8 Å². The van der Waals surface area contributed by atoms with E-state index in [1.54, 1.807) is 12.1 Å². The second kappa shape index (κ2) is 7.35. The van der Waals surface area contributed by atoms with Gasteiger partial charge >= 0.3 is 0 Å². The van der Waals surface area contributed by atoms with Crippen molar-refractivity contribution in [1.82, 2.24) is 0 Å². The molecule has 0 spiro atoms. The third-order valence-corrected chi connectivity index (χ3v) is 4.05. The van der Waals surface area contributed by atoms with Crippen molar-refractivity contribution in [2.45, 2.75) is 6.04 Å². The summed E-state index contributed by atoms with van der Waals surface area (Å²) < 4.78 is 18.4. The van der Waals surface area contributed by atoms with Gasteiger partial charge in [-0.25, -0.2) is 4.39 Å². The number of benzene rings is 2. The summed E-state index contributed by atoms with van der Waals surface area (Å²) in [7, 11) is 0. The van der Waals surface area contributed by atoms with Gasteiger partial charge in [-0.05, 0) is 24.3 Å². The van der Waals surface area contributed by atoms with Crippen LogP contribution in [0, 0.1) is 5.82 Å². The molecule has 1 saturated heterocycles. The zero-order valence-electron chi connectivity index (χ0n) is 12.8. The lowest BCUT2D eigenvalue weighted by molar-refractivity contribution is -0.929. The number of ether oxygens (including phenoxy) is 1. The average Bonchev–Trinajstić information content (AvgIpc) is 2.59. The molecule has 5 heteroatoms. The van der Waals surface area contributed by atoms with Crippen molar-refractivity contribution in [3.05, 3.63) is 66.0 Å². The van der Waals surface area contributed by atoms with Crippen LogP contribution in [-0.4, -0.2) is 32.2 Å². The monoisotopic (exact) mass is 315 g/mol. The molecular weight excluding hydrogens is 295 g/mol. The number of amides is 1. The van der Waals surface area contributed by atoms with Gasteiger partial charge in [0, 0.05) is 11.3 Å². The van der Waals surface area contributed by atoms with Crippen molar-refractivity contribution >= 4 is 11.6 Å². The van der Waals surface area contributed by atoms with Gasteiger partial charge < -0.3 is 15.0 Å². The van der Waals surface area contributed by atoms with Crippen LogP contribution >= 0.6 is 0 Å². The first-order chi connectivity index (χ1) is 11.2. The molecule has 1 aliphatic rings. The normalized spacial score (nSPS) is 16.7. The fraction of sp³-hybridized carbons (Fsp3) is 0.278. The molecule has 0 bridgehead atoms. The number of anilines is 1. The van der Waals surface area contributed by atoms with Crippen molar-refractivity contribution in [1.29, 1.82) is 0 Å². The Morgan fingerprint density at radius 2 is 1.70 bits per heavy atom. The molecule has 0 aromatic heterocycles. The van der Waals surface area contributed by atoms with Crippen LogP contribution in [0.5, 0.6) is 0 Å². The van der Waals surface area contributed by atoms with Crippen LogP contribution in [0.4, 0.5) is 10.1 Å². The van der Waals surface area contributed by atoms with E-state index in [4.69, 9.17) is 4.74 Å². The van der Waals surface area contributed by atoms with E-state index in [2.05, 4.69) is 5.32 Å². The molecule has 1 heterocycles. The fourth-order valence-electron chi connectivity index (χ4n) is 2.89. The summed E-state index contributed by atoms with van der Waals surface area (Å²) in [5.74, 6) is -0.402. The maximum atomic E-state index is 13.0. The van der Waals surface area contributed by atoms with Crippen LogP contribution in [0.2, 0.25) is 0 Å². The molecule has 2 aromatic rings. The fourth-order valence-corrected chi connectivity index (χ4v) is 2.89. The molecule has 1 atom stereocenters. The zero-order valence-corrected chi connectivity index (χ0v) is 12.8. The van der Waals surface area contributed by atoms with Gasteiger partial charge in [0.15, 0.2) is 6.04 Å². The molecule has 2 aromatic carbocycles. The van der Waals surface area contributed by atoms with Gasteiger partial charge in [0.25, 0.3) is 5.91 Å². The van der Waals surface area contributed by atoms with E-state index in [0.717, 1.165) is 18.7 Å². The molecule has 120 valence electrons. The van der Waals surface area contributed by atoms with Crippen LogP contribution in [0.1, 0.15) is 11.6 Å². The summed E-state index contributed by atoms with van der Waals surface area (Å²) in [5.41, 5.74) is 1.58. The summed E-state index contributed by atoms with van der Waals surface area (Å²) in [6.07, 6.45) is 0. The highest BCUT2D eigenvalue weighted by Gasteiger charge is 2.32. The molecule has 1 fully saturated rings. The Bertz CT molecular complexity index is 640. The lowest BCUT2D eigenvalue weighted by Gasteiger charge is -2.30. The molecule has 1 aliphatic heterocycles. The van der Waals surface area contributed by atoms with E-state index in [1.807, 2.05) is 30.3 Å². The molecule has 4 nitrogen and oxygen atoms in total. The maximum Gasteiger partial charge on any atom is 0.287 e. The number of hydrogen-bond donors (Lipinski definition) is 2. The predicted octanol–water partition coefficient (Wildman–Crippen LogP) is 1.42. The smallest absolute Gasteiger partial charge is 0.287 e. The lowest BCUT2D eigenvalue weighted by atomic mass is 10.0. The van der Waals surface area contributed by atoms with E-state index < -0.39 is 0 Å². The summed E-state index contributed by atoms with van der Waals surface area (Å²) in [5, 5.41) is 2.90. The number of rotatable bonds is 4. The highest BCUT2D eigenvalue weighted by molar-refractivity contribution is 5.94. The van der Waals surface area contributed by atoms with Crippen molar-refractivity contribution in [3.8, 4) is 0 Å². The lowest BCUT2D eigenvalue weighted by Crippen LogP contribution is -3.15. The third-order valence-electron chi connectivity index (χ3n) is 4.05. The Morgan fingerprint density at radius 1 is 1.04 bits per heavy atom. The molecular formula is C18H20FN2O2+. The average molecular weight is 315 g/mol. The van der Waals surface area contributed by atoms with Gasteiger partial charge in [0.05, 0.1) is 13.2 Å². The first kappa shape index (κ1) is 15.6. The van der Waals surface area contributed by atoms with E-state index >= 15 is 0 Å². The van der Waals surface area contributed by atoms with Crippen LogP contribution in [0.3, 0.4) is 0 Å². The SMILES string of the molecule is O=C(Nc1ccc(F)cc1)[C@@H](c1ccccc1)[NH+]1CCOCC1. The van der Waals surface area contributed by atoms with Crippen molar-refractivity contribution in [2.75, 3.05) is 31.6 Å². The number of carbonyl (C=O) groups excluding carboxylic acids is 1. The summed E-state index contributed by atoms with van der Waals surface area (Å²) in [4.78, 5) is 14.0.